The lowest BCUT2D eigenvalue weighted by molar-refractivity contribution is -0.137. The van der Waals surface area contributed by atoms with E-state index >= 15 is 0 Å². The summed E-state index contributed by atoms with van der Waals surface area (Å²) in [6.45, 7) is 45.1. The predicted octanol–water partition coefficient (Wildman–Crippen LogP) is 21.0. The van der Waals surface area contributed by atoms with Gasteiger partial charge in [-0.2, -0.15) is 0 Å². The van der Waals surface area contributed by atoms with Gasteiger partial charge >= 0.3 is 5.97 Å². The van der Waals surface area contributed by atoms with Gasteiger partial charge in [0.1, 0.15) is 23.0 Å². The van der Waals surface area contributed by atoms with Crippen molar-refractivity contribution in [3.05, 3.63) is 261 Å². The lowest BCUT2D eigenvalue weighted by Crippen LogP contribution is -2.38. The Morgan fingerprint density at radius 2 is 0.524 bits per heavy atom. The van der Waals surface area contributed by atoms with Crippen molar-refractivity contribution in [2.24, 2.45) is 5.92 Å². The summed E-state index contributed by atoms with van der Waals surface area (Å²) in [5, 5.41) is 33.4. The summed E-state index contributed by atoms with van der Waals surface area (Å²) in [6, 6.07) is 69.4. The number of nitrogens with zero attached hydrogens (tertiary/aromatic N) is 4. The SMILES string of the molecule is CC(C)C(=O)Oc1ccc(COCc2ccc(O)c([C@H](CCN(C(C)C)C(C)C)c3ccccc3)c2)cc1[C@H](CCN(C(C)C)C(C)C)c1ccccc1.CC(C)N(CC[C@H](c1ccccc1)c1cc(COCc2ccc(O)c([C@H](CCN(C(C)C)C(C)C)c3ccccc3)c2)ccc1O)C(C)C. The van der Waals surface area contributed by atoms with Gasteiger partial charge in [-0.1, -0.05) is 159 Å². The molecule has 0 spiro atoms. The van der Waals surface area contributed by atoms with Crippen molar-refractivity contribution in [1.29, 1.82) is 0 Å². The number of carbonyl (C=O) groups excluding carboxylic acids is 1. The zero-order valence-corrected chi connectivity index (χ0v) is 65.7. The van der Waals surface area contributed by atoms with Gasteiger partial charge in [-0.3, -0.25) is 24.4 Å². The van der Waals surface area contributed by atoms with Crippen LogP contribution in [0.25, 0.3) is 0 Å². The highest BCUT2D eigenvalue weighted by Gasteiger charge is 2.28. The molecular weight excluding hydrogens is 1270 g/mol. The molecule has 556 valence electrons. The first kappa shape index (κ1) is 82.7. The second-order valence-corrected chi connectivity index (χ2v) is 30.8. The molecule has 0 saturated heterocycles. The molecule has 11 heteroatoms. The number of rotatable bonds is 38. The highest BCUT2D eigenvalue weighted by molar-refractivity contribution is 5.75. The minimum atomic E-state index is -0.241. The van der Waals surface area contributed by atoms with E-state index < -0.39 is 0 Å². The Balaban J connectivity index is 0.000000290. The molecule has 0 amide bonds. The van der Waals surface area contributed by atoms with E-state index in [4.69, 9.17) is 14.2 Å². The Hall–Kier alpha value is -7.61. The second-order valence-electron chi connectivity index (χ2n) is 30.8. The molecule has 8 aromatic carbocycles. The lowest BCUT2D eigenvalue weighted by atomic mass is 9.86. The molecule has 0 bridgehead atoms. The van der Waals surface area contributed by atoms with Crippen molar-refractivity contribution in [3.63, 3.8) is 0 Å². The van der Waals surface area contributed by atoms with Crippen LogP contribution in [0.15, 0.2) is 194 Å². The van der Waals surface area contributed by atoms with Gasteiger partial charge < -0.3 is 29.5 Å². The number of hydrogen-bond donors (Lipinski definition) is 3. The normalized spacial score (nSPS) is 13.3. The molecule has 0 radical (unpaired) electrons. The number of ether oxygens (including phenoxy) is 3. The number of benzene rings is 8. The monoisotopic (exact) mass is 1400 g/mol. The third-order valence-corrected chi connectivity index (χ3v) is 20.4. The maximum atomic E-state index is 12.9. The Bertz CT molecular complexity index is 3610. The van der Waals surface area contributed by atoms with Crippen LogP contribution in [-0.2, 0) is 40.7 Å². The average Bonchev–Trinajstić information content (AvgIpc) is 0.821. The second kappa shape index (κ2) is 41.2. The first-order valence-corrected chi connectivity index (χ1v) is 38.4. The van der Waals surface area contributed by atoms with Gasteiger partial charge in [0.15, 0.2) is 0 Å². The van der Waals surface area contributed by atoms with Crippen LogP contribution >= 0.6 is 0 Å². The van der Waals surface area contributed by atoms with Crippen molar-refractivity contribution in [2.45, 2.75) is 249 Å². The summed E-state index contributed by atoms with van der Waals surface area (Å²) in [6.07, 6.45) is 3.58. The van der Waals surface area contributed by atoms with E-state index in [1.54, 1.807) is 0 Å². The fraction of sp³-hybridized carbons (Fsp3) is 0.467. The molecule has 103 heavy (non-hydrogen) atoms. The highest BCUT2D eigenvalue weighted by atomic mass is 16.5. The molecule has 8 rings (SSSR count). The highest BCUT2D eigenvalue weighted by Crippen LogP contribution is 2.41. The zero-order chi connectivity index (χ0) is 74.9. The molecule has 3 N–H and O–H groups in total. The number of carbonyl (C=O) groups is 1. The minimum absolute atomic E-state index is 0.0259. The largest absolute Gasteiger partial charge is 0.508 e. The number of phenols is 3. The quantitative estimate of drug-likeness (QED) is 0.0254. The molecule has 0 unspecified atom stereocenters. The van der Waals surface area contributed by atoms with Crippen LogP contribution < -0.4 is 4.74 Å². The van der Waals surface area contributed by atoms with Gasteiger partial charge in [-0.25, -0.2) is 0 Å². The first-order chi connectivity index (χ1) is 49.2. The van der Waals surface area contributed by atoms with Gasteiger partial charge in [-0.15, -0.1) is 0 Å². The van der Waals surface area contributed by atoms with Crippen LogP contribution in [-0.4, -0.2) is 115 Å². The standard InChI is InChI=1S/C48H66N2O4.C44H60N2O3/c1-33(2)48(52)54-47-24-22-39(30-45(47)43(41-19-15-12-16-20-41)26-28-50(36(7)8)37(9)10)32-53-31-38-21-23-46(51)44(29-38)42(40-17-13-11-14-18-40)25-27-49(34(3)4)35(5)6;1-31(2)45(32(3)4)25-23-39(37-15-11-9-12-16-37)41-27-35(19-21-43(41)47)29-49-30-36-20-22-44(48)42(28-36)40(38-17-13-10-14-18-38)24-26-46(33(5)6)34(7)8/h11-24,29-30,33-37,42-43,51H,25-28,31-32H2,1-10H3;9-22,27-28,31-34,39-40,47-48H,23-26,29-30H2,1-8H3/t42-,43-;39-,40-/m11/s1. The van der Waals surface area contributed by atoms with Crippen LogP contribution in [0, 0.1) is 5.92 Å². The van der Waals surface area contributed by atoms with E-state index in [0.717, 1.165) is 96.4 Å². The topological polar surface area (TPSA) is 118 Å². The Labute approximate surface area is 621 Å². The molecule has 8 aromatic rings. The molecule has 0 aliphatic rings. The smallest absolute Gasteiger partial charge is 0.313 e. The van der Waals surface area contributed by atoms with Crippen LogP contribution in [0.4, 0.5) is 0 Å². The number of aromatic hydroxyl groups is 3. The van der Waals surface area contributed by atoms with E-state index in [0.29, 0.717) is 97.8 Å². The molecule has 0 aliphatic carbocycles. The van der Waals surface area contributed by atoms with Crippen molar-refractivity contribution in [1.82, 2.24) is 19.6 Å². The van der Waals surface area contributed by atoms with Crippen LogP contribution in [0.5, 0.6) is 23.0 Å². The fourth-order valence-electron chi connectivity index (χ4n) is 15.1. The van der Waals surface area contributed by atoms with E-state index in [1.165, 1.54) is 22.3 Å². The van der Waals surface area contributed by atoms with E-state index in [9.17, 15) is 20.1 Å². The predicted molar refractivity (Wildman–Crippen MR) is 428 cm³/mol. The summed E-state index contributed by atoms with van der Waals surface area (Å²) < 4.78 is 18.8. The Morgan fingerprint density at radius 1 is 0.301 bits per heavy atom. The summed E-state index contributed by atoms with van der Waals surface area (Å²) in [7, 11) is 0. The summed E-state index contributed by atoms with van der Waals surface area (Å²) >= 11 is 0. The van der Waals surface area contributed by atoms with Gasteiger partial charge in [0.05, 0.1) is 32.3 Å². The van der Waals surface area contributed by atoms with Crippen molar-refractivity contribution in [2.75, 3.05) is 26.2 Å². The Kier molecular flexibility index (Phi) is 33.1. The number of phenolic OH excluding ortho intramolecular Hbond substituents is 3. The summed E-state index contributed by atoms with van der Waals surface area (Å²) in [5.74, 6) is 1.29. The summed E-state index contributed by atoms with van der Waals surface area (Å²) in [4.78, 5) is 23.0. The van der Waals surface area contributed by atoms with Gasteiger partial charge in [-0.05, 0) is 256 Å². The zero-order valence-electron chi connectivity index (χ0n) is 65.7. The van der Waals surface area contributed by atoms with Crippen molar-refractivity contribution < 1.29 is 34.3 Å². The molecule has 0 heterocycles. The Morgan fingerprint density at radius 3 is 0.757 bits per heavy atom. The first-order valence-electron chi connectivity index (χ1n) is 38.4. The summed E-state index contributed by atoms with van der Waals surface area (Å²) in [5.41, 5.74) is 12.7. The number of esters is 1. The average molecular weight is 1400 g/mol. The van der Waals surface area contributed by atoms with Crippen molar-refractivity contribution in [3.8, 4) is 23.0 Å². The third-order valence-electron chi connectivity index (χ3n) is 20.4. The molecule has 0 fully saturated rings. The molecule has 11 nitrogen and oxygen atoms in total. The molecule has 0 aromatic heterocycles. The lowest BCUT2D eigenvalue weighted by Gasteiger charge is -2.32. The van der Waals surface area contributed by atoms with E-state index in [2.05, 4.69) is 252 Å². The maximum absolute atomic E-state index is 12.9. The van der Waals surface area contributed by atoms with Crippen LogP contribution in [0.1, 0.15) is 241 Å². The van der Waals surface area contributed by atoms with Gasteiger partial charge in [0.25, 0.3) is 0 Å². The van der Waals surface area contributed by atoms with Crippen LogP contribution in [0.2, 0.25) is 0 Å². The van der Waals surface area contributed by atoms with E-state index in [1.807, 2.05) is 86.6 Å². The van der Waals surface area contributed by atoms with E-state index in [-0.39, 0.29) is 35.6 Å². The van der Waals surface area contributed by atoms with Crippen LogP contribution in [0.3, 0.4) is 0 Å². The molecule has 0 saturated carbocycles. The number of hydrogen-bond acceptors (Lipinski definition) is 11. The van der Waals surface area contributed by atoms with Crippen molar-refractivity contribution >= 4 is 5.97 Å². The molecular formula is C92H126N4O7. The fourth-order valence-corrected chi connectivity index (χ4v) is 15.1. The van der Waals surface area contributed by atoms with Gasteiger partial charge in [0.2, 0.25) is 0 Å². The minimum Gasteiger partial charge on any atom is -0.508 e. The third kappa shape index (κ3) is 24.8. The molecule has 4 atom stereocenters. The maximum Gasteiger partial charge on any atom is 0.313 e. The molecule has 0 aliphatic heterocycles. The van der Waals surface area contributed by atoms with Gasteiger partial charge in [0, 0.05) is 94.3 Å².